The van der Waals surface area contributed by atoms with E-state index in [0.717, 1.165) is 30.5 Å². The first-order chi connectivity index (χ1) is 12.2. The molecule has 132 valence electrons. The number of carbonyl (C=O) groups excluding carboxylic acids is 1. The summed E-state index contributed by atoms with van der Waals surface area (Å²) in [6, 6.07) is 3.60. The average molecular weight is 379 g/mol. The van der Waals surface area contributed by atoms with Crippen LogP contribution < -0.4 is 14.8 Å². The fourth-order valence-corrected chi connectivity index (χ4v) is 4.49. The van der Waals surface area contributed by atoms with Crippen LogP contribution in [-0.4, -0.2) is 24.1 Å². The predicted octanol–water partition coefficient (Wildman–Crippen LogP) is 4.02. The van der Waals surface area contributed by atoms with Crippen molar-refractivity contribution in [3.63, 3.8) is 0 Å². The lowest BCUT2D eigenvalue weighted by molar-refractivity contribution is -0.115. The minimum Gasteiger partial charge on any atom is -0.489 e. The van der Waals surface area contributed by atoms with E-state index in [0.29, 0.717) is 34.9 Å². The molecule has 7 heteroatoms. The summed E-state index contributed by atoms with van der Waals surface area (Å²) >= 11 is 7.87. The fourth-order valence-electron chi connectivity index (χ4n) is 3.14. The standard InChI is InChI=1S/C18H19ClN2O3S/c19-12-8-11(9-14-17(12)24-7-3-6-23-14)10-16(22)21-18-20-13-4-1-2-5-15(13)25-18/h8-9H,1-7,10H2,(H,20,21,22). The Bertz CT molecular complexity index is 782. The number of benzene rings is 1. The van der Waals surface area contributed by atoms with Crippen LogP contribution in [0, 0.1) is 0 Å². The first-order valence-electron chi connectivity index (χ1n) is 8.55. The van der Waals surface area contributed by atoms with Gasteiger partial charge in [-0.05, 0) is 43.4 Å². The number of halogens is 1. The second-order valence-corrected chi connectivity index (χ2v) is 7.77. The second kappa shape index (κ2) is 7.22. The zero-order chi connectivity index (χ0) is 17.2. The Morgan fingerprint density at radius 1 is 1.20 bits per heavy atom. The highest BCUT2D eigenvalue weighted by Crippen LogP contribution is 2.38. The number of hydrogen-bond acceptors (Lipinski definition) is 5. The summed E-state index contributed by atoms with van der Waals surface area (Å²) in [5, 5.41) is 4.08. The van der Waals surface area contributed by atoms with Gasteiger partial charge in [-0.1, -0.05) is 11.6 Å². The fraction of sp³-hybridized carbons (Fsp3) is 0.444. The molecule has 0 unspecified atom stereocenters. The third-order valence-electron chi connectivity index (χ3n) is 4.32. The van der Waals surface area contributed by atoms with Gasteiger partial charge in [0, 0.05) is 11.3 Å². The molecule has 1 aliphatic heterocycles. The summed E-state index contributed by atoms with van der Waals surface area (Å²) in [7, 11) is 0. The molecule has 5 nitrogen and oxygen atoms in total. The lowest BCUT2D eigenvalue weighted by Crippen LogP contribution is -2.14. The number of hydrogen-bond donors (Lipinski definition) is 1. The molecule has 0 spiro atoms. The maximum Gasteiger partial charge on any atom is 0.230 e. The molecule has 2 heterocycles. The number of fused-ring (bicyclic) bond motifs is 2. The van der Waals surface area contributed by atoms with Crippen LogP contribution in [0.25, 0.3) is 0 Å². The van der Waals surface area contributed by atoms with Gasteiger partial charge in [-0.2, -0.15) is 0 Å². The van der Waals surface area contributed by atoms with Crippen LogP contribution in [0.4, 0.5) is 5.13 Å². The number of carbonyl (C=O) groups is 1. The molecule has 25 heavy (non-hydrogen) atoms. The van der Waals surface area contributed by atoms with E-state index in [-0.39, 0.29) is 12.3 Å². The first-order valence-corrected chi connectivity index (χ1v) is 9.75. The highest BCUT2D eigenvalue weighted by Gasteiger charge is 2.19. The molecule has 1 amide bonds. The van der Waals surface area contributed by atoms with Crippen molar-refractivity contribution in [1.29, 1.82) is 0 Å². The van der Waals surface area contributed by atoms with Gasteiger partial charge in [0.25, 0.3) is 0 Å². The van der Waals surface area contributed by atoms with E-state index < -0.39 is 0 Å². The molecule has 1 aromatic heterocycles. The van der Waals surface area contributed by atoms with Crippen molar-refractivity contribution in [1.82, 2.24) is 4.98 Å². The Labute approximate surface area is 155 Å². The van der Waals surface area contributed by atoms with Crippen LogP contribution in [0.3, 0.4) is 0 Å². The first kappa shape index (κ1) is 16.7. The lowest BCUT2D eigenvalue weighted by atomic mass is 10.0. The summed E-state index contributed by atoms with van der Waals surface area (Å²) in [4.78, 5) is 18.2. The molecule has 0 atom stereocenters. The molecule has 1 aromatic carbocycles. The van der Waals surface area contributed by atoms with Crippen molar-refractivity contribution >= 4 is 34.0 Å². The van der Waals surface area contributed by atoms with Crippen molar-refractivity contribution < 1.29 is 14.3 Å². The smallest absolute Gasteiger partial charge is 0.230 e. The van der Waals surface area contributed by atoms with Crippen molar-refractivity contribution in [3.8, 4) is 11.5 Å². The van der Waals surface area contributed by atoms with E-state index in [1.54, 1.807) is 17.4 Å². The van der Waals surface area contributed by atoms with Gasteiger partial charge in [0.1, 0.15) is 0 Å². The van der Waals surface area contributed by atoms with Crippen LogP contribution in [0.1, 0.15) is 35.4 Å². The normalized spacial score (nSPS) is 16.0. The zero-order valence-corrected chi connectivity index (χ0v) is 15.3. The number of anilines is 1. The predicted molar refractivity (Wildman–Crippen MR) is 98.1 cm³/mol. The molecule has 2 aromatic rings. The van der Waals surface area contributed by atoms with E-state index >= 15 is 0 Å². The van der Waals surface area contributed by atoms with Crippen molar-refractivity contribution in [2.75, 3.05) is 18.5 Å². The van der Waals surface area contributed by atoms with Gasteiger partial charge in [-0.25, -0.2) is 4.98 Å². The number of ether oxygens (including phenoxy) is 2. The number of thiazole rings is 1. The summed E-state index contributed by atoms with van der Waals surface area (Å²) in [5.41, 5.74) is 1.94. The second-order valence-electron chi connectivity index (χ2n) is 6.28. The molecule has 0 saturated carbocycles. The molecule has 0 bridgehead atoms. The van der Waals surface area contributed by atoms with E-state index in [9.17, 15) is 4.79 Å². The van der Waals surface area contributed by atoms with Gasteiger partial charge in [0.2, 0.25) is 5.91 Å². The third-order valence-corrected chi connectivity index (χ3v) is 5.67. The number of amides is 1. The van der Waals surface area contributed by atoms with Crippen LogP contribution in [0.2, 0.25) is 5.02 Å². The summed E-state index contributed by atoms with van der Waals surface area (Å²) in [6.07, 6.45) is 5.51. The van der Waals surface area contributed by atoms with Crippen molar-refractivity contribution in [2.24, 2.45) is 0 Å². The summed E-state index contributed by atoms with van der Waals surface area (Å²) in [6.45, 7) is 1.17. The monoisotopic (exact) mass is 378 g/mol. The number of nitrogens with zero attached hydrogens (tertiary/aromatic N) is 1. The molecule has 4 rings (SSSR count). The van der Waals surface area contributed by atoms with Gasteiger partial charge in [0.05, 0.1) is 30.4 Å². The molecule has 2 aliphatic rings. The molecular weight excluding hydrogens is 360 g/mol. The van der Waals surface area contributed by atoms with Crippen LogP contribution >= 0.6 is 22.9 Å². The highest BCUT2D eigenvalue weighted by atomic mass is 35.5. The number of rotatable bonds is 3. The van der Waals surface area contributed by atoms with Gasteiger partial charge >= 0.3 is 0 Å². The molecule has 0 fully saturated rings. The highest BCUT2D eigenvalue weighted by molar-refractivity contribution is 7.15. The van der Waals surface area contributed by atoms with Gasteiger partial charge in [0.15, 0.2) is 16.6 Å². The van der Waals surface area contributed by atoms with Gasteiger partial charge < -0.3 is 14.8 Å². The lowest BCUT2D eigenvalue weighted by Gasteiger charge is -2.11. The molecule has 1 N–H and O–H groups in total. The quantitative estimate of drug-likeness (QED) is 0.876. The van der Waals surface area contributed by atoms with Crippen LogP contribution in [-0.2, 0) is 24.1 Å². The van der Waals surface area contributed by atoms with Gasteiger partial charge in [-0.3, -0.25) is 4.79 Å². The van der Waals surface area contributed by atoms with E-state index in [2.05, 4.69) is 10.3 Å². The van der Waals surface area contributed by atoms with E-state index in [1.807, 2.05) is 6.07 Å². The maximum atomic E-state index is 12.4. The topological polar surface area (TPSA) is 60.5 Å². The van der Waals surface area contributed by atoms with E-state index in [1.165, 1.54) is 17.7 Å². The Balaban J connectivity index is 1.46. The Morgan fingerprint density at radius 2 is 2.04 bits per heavy atom. The summed E-state index contributed by atoms with van der Waals surface area (Å²) in [5.74, 6) is 1.07. The van der Waals surface area contributed by atoms with Crippen LogP contribution in [0.5, 0.6) is 11.5 Å². The van der Waals surface area contributed by atoms with E-state index in [4.69, 9.17) is 21.1 Å². The molecule has 0 saturated heterocycles. The Kier molecular flexibility index (Phi) is 4.81. The number of nitrogens with one attached hydrogen (secondary N) is 1. The number of aromatic nitrogens is 1. The van der Waals surface area contributed by atoms with Crippen LogP contribution in [0.15, 0.2) is 12.1 Å². The minimum absolute atomic E-state index is 0.100. The van der Waals surface area contributed by atoms with Crippen molar-refractivity contribution in [3.05, 3.63) is 33.3 Å². The number of aryl methyl sites for hydroxylation is 2. The maximum absolute atomic E-state index is 12.4. The molecule has 0 radical (unpaired) electrons. The molecule has 1 aliphatic carbocycles. The Morgan fingerprint density at radius 3 is 2.92 bits per heavy atom. The Hall–Kier alpha value is -1.79. The SMILES string of the molecule is O=C(Cc1cc(Cl)c2c(c1)OCCCO2)Nc1nc2c(s1)CCCC2. The van der Waals surface area contributed by atoms with Crippen molar-refractivity contribution in [2.45, 2.75) is 38.5 Å². The average Bonchev–Trinajstić information content (AvgIpc) is 2.82. The minimum atomic E-state index is -0.100. The molecular formula is C18H19ClN2O3S. The largest absolute Gasteiger partial charge is 0.489 e. The summed E-state index contributed by atoms with van der Waals surface area (Å²) < 4.78 is 11.3. The van der Waals surface area contributed by atoms with Gasteiger partial charge in [-0.15, -0.1) is 11.3 Å². The third kappa shape index (κ3) is 3.75. The zero-order valence-electron chi connectivity index (χ0n) is 13.8.